The first-order valence-corrected chi connectivity index (χ1v) is 16.3. The highest BCUT2D eigenvalue weighted by Crippen LogP contribution is 2.45. The van der Waals surface area contributed by atoms with Crippen LogP contribution in [0.25, 0.3) is 82.4 Å². The Morgan fingerprint density at radius 2 is 0.857 bits per heavy atom. The molecule has 8 aromatic carbocycles. The van der Waals surface area contributed by atoms with Crippen LogP contribution in [0.15, 0.2) is 164 Å². The van der Waals surface area contributed by atoms with Crippen LogP contribution in [-0.4, -0.2) is 4.57 Å². The minimum absolute atomic E-state index is 0.516. The maximum atomic E-state index is 10.8. The highest BCUT2D eigenvalue weighted by Gasteiger charge is 2.22. The summed E-state index contributed by atoms with van der Waals surface area (Å²) in [6.07, 6.45) is 0. The van der Waals surface area contributed by atoms with Gasteiger partial charge in [-0.1, -0.05) is 133 Å². The Morgan fingerprint density at radius 1 is 0.367 bits per heavy atom. The molecule has 0 bridgehead atoms. The third-order valence-corrected chi connectivity index (χ3v) is 9.68. The molecule has 0 unspecified atom stereocenters. The van der Waals surface area contributed by atoms with Gasteiger partial charge < -0.3 is 4.57 Å². The van der Waals surface area contributed by atoms with Crippen molar-refractivity contribution in [3.8, 4) is 51.2 Å². The Hall–Kier alpha value is -6.94. The van der Waals surface area contributed by atoms with Crippen LogP contribution in [0.2, 0.25) is 0 Å². The summed E-state index contributed by atoms with van der Waals surface area (Å²) in [6.45, 7) is 0. The fraction of sp³-hybridized carbons (Fsp3) is 0. The number of para-hydroxylation sites is 2. The smallest absolute Gasteiger partial charge is 0.0998 e. The predicted octanol–water partition coefficient (Wildman–Crippen LogP) is 11.8. The maximum absolute atomic E-state index is 10.8. The van der Waals surface area contributed by atoms with Gasteiger partial charge in [0.05, 0.1) is 40.0 Å². The second-order valence-corrected chi connectivity index (χ2v) is 12.3. The summed E-state index contributed by atoms with van der Waals surface area (Å²) >= 11 is 0. The van der Waals surface area contributed by atoms with Crippen molar-refractivity contribution in [1.82, 2.24) is 4.57 Å². The lowest BCUT2D eigenvalue weighted by atomic mass is 9.84. The molecule has 9 aromatic rings. The van der Waals surface area contributed by atoms with Gasteiger partial charge in [-0.25, -0.2) is 0 Å². The summed E-state index contributed by atoms with van der Waals surface area (Å²) in [5.41, 5.74) is 9.89. The van der Waals surface area contributed by atoms with Gasteiger partial charge in [-0.3, -0.25) is 0 Å². The first-order chi connectivity index (χ1) is 24.3. The lowest BCUT2D eigenvalue weighted by Gasteiger charge is -2.19. The lowest BCUT2D eigenvalue weighted by molar-refractivity contribution is 1.18. The summed E-state index contributed by atoms with van der Waals surface area (Å²) in [4.78, 5) is 0. The van der Waals surface area contributed by atoms with Gasteiger partial charge in [-0.15, -0.1) is 0 Å². The van der Waals surface area contributed by atoms with Crippen LogP contribution >= 0.6 is 0 Å². The topological polar surface area (TPSA) is 52.5 Å². The quantitative estimate of drug-likeness (QED) is 0.184. The van der Waals surface area contributed by atoms with E-state index in [0.29, 0.717) is 11.1 Å². The molecule has 3 heteroatoms. The van der Waals surface area contributed by atoms with E-state index in [0.717, 1.165) is 71.3 Å². The molecule has 226 valence electrons. The van der Waals surface area contributed by atoms with Gasteiger partial charge >= 0.3 is 0 Å². The van der Waals surface area contributed by atoms with E-state index in [4.69, 9.17) is 0 Å². The first-order valence-electron chi connectivity index (χ1n) is 16.3. The third kappa shape index (κ3) is 4.35. The number of nitriles is 2. The number of hydrogen-bond acceptors (Lipinski definition) is 2. The number of aromatic nitrogens is 1. The molecule has 0 radical (unpaired) electrons. The van der Waals surface area contributed by atoms with E-state index in [9.17, 15) is 10.5 Å². The van der Waals surface area contributed by atoms with Crippen molar-refractivity contribution in [2.45, 2.75) is 0 Å². The highest BCUT2D eigenvalue weighted by atomic mass is 15.0. The third-order valence-electron chi connectivity index (χ3n) is 9.68. The number of hydrogen-bond donors (Lipinski definition) is 0. The zero-order chi connectivity index (χ0) is 32.9. The first kappa shape index (κ1) is 28.3. The molecular formula is C46H27N3. The van der Waals surface area contributed by atoms with Crippen molar-refractivity contribution in [2.24, 2.45) is 0 Å². The second-order valence-electron chi connectivity index (χ2n) is 12.3. The van der Waals surface area contributed by atoms with Gasteiger partial charge in [0.2, 0.25) is 0 Å². The van der Waals surface area contributed by atoms with Crippen molar-refractivity contribution in [3.63, 3.8) is 0 Å². The Balaban J connectivity index is 1.32. The summed E-state index contributed by atoms with van der Waals surface area (Å²) in [7, 11) is 0. The molecule has 1 aromatic heterocycles. The number of benzene rings is 8. The van der Waals surface area contributed by atoms with Crippen molar-refractivity contribution < 1.29 is 0 Å². The van der Waals surface area contributed by atoms with Gasteiger partial charge in [0.25, 0.3) is 0 Å². The molecule has 0 amide bonds. The largest absolute Gasteiger partial charge is 0.309 e. The van der Waals surface area contributed by atoms with Crippen molar-refractivity contribution in [2.75, 3.05) is 0 Å². The van der Waals surface area contributed by atoms with Crippen molar-refractivity contribution in [1.29, 1.82) is 10.5 Å². The second kappa shape index (κ2) is 11.4. The van der Waals surface area contributed by atoms with Gasteiger partial charge in [0, 0.05) is 21.9 Å². The standard InChI is InChI=1S/C46H27N3/c47-28-32-15-12-24-43(49-41-22-10-8-16-35(41)36-17-9-11-23-42(36)49)46(32)34-26-25-31(27-33(34)29-48)45-39-20-6-4-18-37(39)44(30-13-2-1-3-14-30)38-19-5-7-21-40(38)45/h1-27H. The van der Waals surface area contributed by atoms with E-state index in [1.54, 1.807) is 0 Å². The van der Waals surface area contributed by atoms with Crippen LogP contribution in [0, 0.1) is 22.7 Å². The fourth-order valence-electron chi connectivity index (χ4n) is 7.65. The predicted molar refractivity (Wildman–Crippen MR) is 202 cm³/mol. The van der Waals surface area contributed by atoms with E-state index in [1.807, 2.05) is 48.5 Å². The molecule has 3 nitrogen and oxygen atoms in total. The minimum Gasteiger partial charge on any atom is -0.309 e. The van der Waals surface area contributed by atoms with Crippen LogP contribution in [0.5, 0.6) is 0 Å². The number of rotatable bonds is 4. The zero-order valence-electron chi connectivity index (χ0n) is 26.4. The molecule has 0 aliphatic carbocycles. The zero-order valence-corrected chi connectivity index (χ0v) is 26.4. The molecule has 0 saturated heterocycles. The monoisotopic (exact) mass is 621 g/mol. The van der Waals surface area contributed by atoms with E-state index < -0.39 is 0 Å². The van der Waals surface area contributed by atoms with E-state index in [1.165, 1.54) is 11.1 Å². The Labute approximate surface area is 283 Å². The molecule has 0 atom stereocenters. The van der Waals surface area contributed by atoms with Crippen LogP contribution in [-0.2, 0) is 0 Å². The molecule has 0 N–H and O–H groups in total. The van der Waals surface area contributed by atoms with E-state index in [-0.39, 0.29) is 0 Å². The molecular weight excluding hydrogens is 595 g/mol. The molecule has 1 heterocycles. The summed E-state index contributed by atoms with van der Waals surface area (Å²) in [5.74, 6) is 0. The Morgan fingerprint density at radius 3 is 1.41 bits per heavy atom. The minimum atomic E-state index is 0.516. The summed E-state index contributed by atoms with van der Waals surface area (Å²) < 4.78 is 2.22. The fourth-order valence-corrected chi connectivity index (χ4v) is 7.65. The molecule has 49 heavy (non-hydrogen) atoms. The average Bonchev–Trinajstić information content (AvgIpc) is 3.51. The van der Waals surface area contributed by atoms with Crippen molar-refractivity contribution >= 4 is 43.4 Å². The lowest BCUT2D eigenvalue weighted by Crippen LogP contribution is -2.01. The van der Waals surface area contributed by atoms with Crippen molar-refractivity contribution in [3.05, 3.63) is 175 Å². The SMILES string of the molecule is N#Cc1cc(-c2c3ccccc3c(-c3ccccc3)c3ccccc23)ccc1-c1c(C#N)cccc1-n1c2ccccc2c2ccccc21. The van der Waals surface area contributed by atoms with Gasteiger partial charge in [-0.05, 0) is 74.1 Å². The van der Waals surface area contributed by atoms with Crippen LogP contribution < -0.4 is 0 Å². The molecule has 0 fully saturated rings. The van der Waals surface area contributed by atoms with Crippen LogP contribution in [0.1, 0.15) is 11.1 Å². The van der Waals surface area contributed by atoms with Gasteiger partial charge in [-0.2, -0.15) is 10.5 Å². The maximum Gasteiger partial charge on any atom is 0.0998 e. The number of fused-ring (bicyclic) bond motifs is 5. The molecule has 0 aliphatic heterocycles. The highest BCUT2D eigenvalue weighted by molar-refractivity contribution is 6.21. The van der Waals surface area contributed by atoms with Gasteiger partial charge in [0.15, 0.2) is 0 Å². The normalized spacial score (nSPS) is 11.2. The van der Waals surface area contributed by atoms with Crippen LogP contribution in [0.3, 0.4) is 0 Å². The molecule has 0 spiro atoms. The summed E-state index contributed by atoms with van der Waals surface area (Å²) in [5, 5.41) is 28.0. The summed E-state index contributed by atoms with van der Waals surface area (Å²) in [6, 6.07) is 61.2. The van der Waals surface area contributed by atoms with Crippen LogP contribution in [0.4, 0.5) is 0 Å². The molecule has 9 rings (SSSR count). The Bertz CT molecular complexity index is 2740. The van der Waals surface area contributed by atoms with Gasteiger partial charge in [0.1, 0.15) is 0 Å². The van der Waals surface area contributed by atoms with E-state index >= 15 is 0 Å². The number of nitrogens with zero attached hydrogens (tertiary/aromatic N) is 3. The molecule has 0 aliphatic rings. The molecule has 0 saturated carbocycles. The Kier molecular flexibility index (Phi) is 6.58. The average molecular weight is 622 g/mol. The van der Waals surface area contributed by atoms with E-state index in [2.05, 4.69) is 132 Å².